The molecule has 0 spiro atoms. The minimum atomic E-state index is -1.15. The number of rotatable bonds is 9. The standard InChI is InChI=1S/C19H26N4O4S/c1-10(2)16(23-17(24)13(20)9-28)18(25)22-15(19(26)27)7-11-8-21-14-6-4-3-5-12(11)14/h3-6,8,10,13,15-16,21,28H,7,9,20H2,1-2H3,(H,22,25)(H,23,24)(H,26,27). The van der Waals surface area contributed by atoms with E-state index in [1.165, 1.54) is 0 Å². The van der Waals surface area contributed by atoms with Crippen LogP contribution in [-0.4, -0.2) is 51.8 Å². The summed E-state index contributed by atoms with van der Waals surface area (Å²) in [5, 5.41) is 15.6. The Bertz CT molecular complexity index is 851. The van der Waals surface area contributed by atoms with E-state index >= 15 is 0 Å². The van der Waals surface area contributed by atoms with Gasteiger partial charge in [0.25, 0.3) is 0 Å². The Labute approximate surface area is 168 Å². The number of aromatic amines is 1. The number of nitrogens with one attached hydrogen (secondary N) is 3. The third-order valence-electron chi connectivity index (χ3n) is 4.49. The van der Waals surface area contributed by atoms with Crippen LogP contribution < -0.4 is 16.4 Å². The summed E-state index contributed by atoms with van der Waals surface area (Å²) in [6.07, 6.45) is 1.85. The average Bonchev–Trinajstić information content (AvgIpc) is 3.07. The summed E-state index contributed by atoms with van der Waals surface area (Å²) in [7, 11) is 0. The van der Waals surface area contributed by atoms with Crippen LogP contribution in [0.25, 0.3) is 10.9 Å². The van der Waals surface area contributed by atoms with Gasteiger partial charge in [-0.15, -0.1) is 0 Å². The lowest BCUT2D eigenvalue weighted by Crippen LogP contribution is -2.56. The Morgan fingerprint density at radius 3 is 2.46 bits per heavy atom. The molecule has 0 aliphatic heterocycles. The molecule has 0 fully saturated rings. The summed E-state index contributed by atoms with van der Waals surface area (Å²) in [6.45, 7) is 3.51. The van der Waals surface area contributed by atoms with E-state index in [0.717, 1.165) is 16.5 Å². The molecule has 2 amide bonds. The van der Waals surface area contributed by atoms with Crippen LogP contribution in [-0.2, 0) is 20.8 Å². The van der Waals surface area contributed by atoms with Gasteiger partial charge in [-0.05, 0) is 17.5 Å². The number of fused-ring (bicyclic) bond motifs is 1. The highest BCUT2D eigenvalue weighted by atomic mass is 32.1. The van der Waals surface area contributed by atoms with Gasteiger partial charge >= 0.3 is 5.97 Å². The Morgan fingerprint density at radius 2 is 1.86 bits per heavy atom. The van der Waals surface area contributed by atoms with Crippen LogP contribution in [0.2, 0.25) is 0 Å². The summed E-state index contributed by atoms with van der Waals surface area (Å²) < 4.78 is 0. The summed E-state index contributed by atoms with van der Waals surface area (Å²) in [4.78, 5) is 39.5. The number of carboxylic acid groups (broad SMARTS) is 1. The van der Waals surface area contributed by atoms with Crippen LogP contribution in [0.5, 0.6) is 0 Å². The minimum Gasteiger partial charge on any atom is -0.480 e. The number of carbonyl (C=O) groups excluding carboxylic acids is 2. The quantitative estimate of drug-likeness (QED) is 0.340. The van der Waals surface area contributed by atoms with Crippen molar-refractivity contribution in [3.8, 4) is 0 Å². The van der Waals surface area contributed by atoms with Gasteiger partial charge in [0, 0.05) is 29.3 Å². The number of aromatic nitrogens is 1. The lowest BCUT2D eigenvalue weighted by Gasteiger charge is -2.25. The van der Waals surface area contributed by atoms with Crippen molar-refractivity contribution in [1.82, 2.24) is 15.6 Å². The number of para-hydroxylation sites is 1. The van der Waals surface area contributed by atoms with Crippen LogP contribution >= 0.6 is 12.6 Å². The highest BCUT2D eigenvalue weighted by molar-refractivity contribution is 7.80. The molecule has 0 aliphatic carbocycles. The third kappa shape index (κ3) is 5.26. The number of benzene rings is 1. The van der Waals surface area contributed by atoms with Crippen molar-refractivity contribution in [1.29, 1.82) is 0 Å². The Balaban J connectivity index is 2.14. The van der Waals surface area contributed by atoms with Gasteiger partial charge in [0.05, 0.1) is 6.04 Å². The Hall–Kier alpha value is -2.52. The molecular weight excluding hydrogens is 380 g/mol. The molecule has 0 bridgehead atoms. The number of carbonyl (C=O) groups is 3. The molecule has 0 aliphatic rings. The highest BCUT2D eigenvalue weighted by Gasteiger charge is 2.30. The number of thiol groups is 1. The van der Waals surface area contributed by atoms with E-state index in [-0.39, 0.29) is 18.1 Å². The predicted molar refractivity (Wildman–Crippen MR) is 110 cm³/mol. The smallest absolute Gasteiger partial charge is 0.326 e. The number of amides is 2. The number of nitrogens with two attached hydrogens (primary N) is 1. The maximum absolute atomic E-state index is 12.7. The predicted octanol–water partition coefficient (Wildman–Crippen LogP) is 0.678. The molecule has 2 aromatic rings. The van der Waals surface area contributed by atoms with Gasteiger partial charge < -0.3 is 26.5 Å². The monoisotopic (exact) mass is 406 g/mol. The first-order chi connectivity index (χ1) is 13.2. The van der Waals surface area contributed by atoms with E-state index in [1.54, 1.807) is 20.0 Å². The molecular formula is C19H26N4O4S. The van der Waals surface area contributed by atoms with Gasteiger partial charge in [-0.1, -0.05) is 32.0 Å². The van der Waals surface area contributed by atoms with Gasteiger partial charge in [0.2, 0.25) is 11.8 Å². The van der Waals surface area contributed by atoms with E-state index in [9.17, 15) is 19.5 Å². The summed E-state index contributed by atoms with van der Waals surface area (Å²) in [6, 6.07) is 4.64. The summed E-state index contributed by atoms with van der Waals surface area (Å²) in [5.74, 6) is -2.34. The Morgan fingerprint density at radius 1 is 1.18 bits per heavy atom. The molecule has 28 heavy (non-hydrogen) atoms. The summed E-state index contributed by atoms with van der Waals surface area (Å²) >= 11 is 3.97. The zero-order valence-corrected chi connectivity index (χ0v) is 16.7. The lowest BCUT2D eigenvalue weighted by atomic mass is 10.0. The van der Waals surface area contributed by atoms with E-state index in [2.05, 4.69) is 28.2 Å². The molecule has 1 aromatic heterocycles. The van der Waals surface area contributed by atoms with Crippen LogP contribution in [0.15, 0.2) is 30.5 Å². The highest BCUT2D eigenvalue weighted by Crippen LogP contribution is 2.19. The minimum absolute atomic E-state index is 0.111. The first-order valence-electron chi connectivity index (χ1n) is 8.99. The van der Waals surface area contributed by atoms with Gasteiger partial charge in [0.1, 0.15) is 12.1 Å². The third-order valence-corrected chi connectivity index (χ3v) is 4.89. The normalized spacial score (nSPS) is 14.5. The molecule has 1 heterocycles. The maximum atomic E-state index is 12.7. The molecule has 0 radical (unpaired) electrons. The molecule has 3 unspecified atom stereocenters. The topological polar surface area (TPSA) is 137 Å². The van der Waals surface area contributed by atoms with Gasteiger partial charge in [0.15, 0.2) is 0 Å². The largest absolute Gasteiger partial charge is 0.480 e. The SMILES string of the molecule is CC(C)C(NC(=O)C(N)CS)C(=O)NC(Cc1c[nH]c2ccccc12)C(=O)O. The number of hydrogen-bond donors (Lipinski definition) is 6. The van der Waals surface area contributed by atoms with Crippen LogP contribution in [0.1, 0.15) is 19.4 Å². The molecule has 3 atom stereocenters. The first kappa shape index (κ1) is 21.8. The second kappa shape index (κ2) is 9.61. The Kier molecular flexibility index (Phi) is 7.47. The van der Waals surface area contributed by atoms with Gasteiger partial charge in [-0.3, -0.25) is 9.59 Å². The fraction of sp³-hybridized carbons (Fsp3) is 0.421. The molecule has 2 rings (SSSR count). The molecule has 6 N–H and O–H groups in total. The maximum Gasteiger partial charge on any atom is 0.326 e. The van der Waals surface area contributed by atoms with Crippen molar-refractivity contribution < 1.29 is 19.5 Å². The van der Waals surface area contributed by atoms with Crippen molar-refractivity contribution >= 4 is 41.3 Å². The number of carboxylic acids is 1. The molecule has 152 valence electrons. The van der Waals surface area contributed by atoms with Crippen molar-refractivity contribution in [3.05, 3.63) is 36.0 Å². The van der Waals surface area contributed by atoms with Crippen molar-refractivity contribution in [3.63, 3.8) is 0 Å². The number of aliphatic carboxylic acids is 1. The van der Waals surface area contributed by atoms with Crippen LogP contribution in [0, 0.1) is 5.92 Å². The zero-order chi connectivity index (χ0) is 20.8. The fourth-order valence-electron chi connectivity index (χ4n) is 2.86. The van der Waals surface area contributed by atoms with Crippen LogP contribution in [0.4, 0.5) is 0 Å². The van der Waals surface area contributed by atoms with E-state index in [4.69, 9.17) is 5.73 Å². The second-order valence-electron chi connectivity index (χ2n) is 6.98. The first-order valence-corrected chi connectivity index (χ1v) is 9.62. The zero-order valence-electron chi connectivity index (χ0n) is 15.8. The van der Waals surface area contributed by atoms with Gasteiger partial charge in [-0.25, -0.2) is 4.79 Å². The molecule has 8 nitrogen and oxygen atoms in total. The number of hydrogen-bond acceptors (Lipinski definition) is 5. The van der Waals surface area contributed by atoms with Crippen LogP contribution in [0.3, 0.4) is 0 Å². The van der Waals surface area contributed by atoms with E-state index in [0.29, 0.717) is 0 Å². The molecule has 0 saturated carbocycles. The average molecular weight is 407 g/mol. The van der Waals surface area contributed by atoms with Crippen molar-refractivity contribution in [2.75, 3.05) is 5.75 Å². The van der Waals surface area contributed by atoms with Gasteiger partial charge in [-0.2, -0.15) is 12.6 Å². The molecule has 0 saturated heterocycles. The van der Waals surface area contributed by atoms with Crippen molar-refractivity contribution in [2.24, 2.45) is 11.7 Å². The summed E-state index contributed by atoms with van der Waals surface area (Å²) in [5.41, 5.74) is 7.31. The number of H-pyrrole nitrogens is 1. The van der Waals surface area contributed by atoms with E-state index in [1.807, 2.05) is 24.3 Å². The molecule has 1 aromatic carbocycles. The lowest BCUT2D eigenvalue weighted by molar-refractivity contribution is -0.142. The van der Waals surface area contributed by atoms with Crippen molar-refractivity contribution in [2.45, 2.75) is 38.4 Å². The fourth-order valence-corrected chi connectivity index (χ4v) is 3.03. The second-order valence-corrected chi connectivity index (χ2v) is 7.35. The van der Waals surface area contributed by atoms with E-state index < -0.39 is 35.9 Å². The molecule has 9 heteroatoms.